The summed E-state index contributed by atoms with van der Waals surface area (Å²) in [5, 5.41) is 8.42. The number of hydrogen-bond donors (Lipinski definition) is 2. The standard InChI is InChI=1S/C16H18ClN3O/c1-20(10-11-5-3-4-6-14(11)17)15-9-12(21-2)7-8-13(15)16(18)19/h3-9H,10H2,1-2H3,(H3,18,19). The van der Waals surface area contributed by atoms with Crippen LogP contribution in [0.1, 0.15) is 11.1 Å². The fraction of sp³-hybridized carbons (Fsp3) is 0.188. The minimum Gasteiger partial charge on any atom is -0.497 e. The SMILES string of the molecule is COc1ccc(C(=N)N)c(N(C)Cc2ccccc2Cl)c1. The summed E-state index contributed by atoms with van der Waals surface area (Å²) < 4.78 is 5.25. The first kappa shape index (κ1) is 15.2. The van der Waals surface area contributed by atoms with Crippen molar-refractivity contribution in [2.45, 2.75) is 6.54 Å². The van der Waals surface area contributed by atoms with Crippen molar-refractivity contribution in [1.82, 2.24) is 0 Å². The molecule has 0 aliphatic rings. The molecule has 21 heavy (non-hydrogen) atoms. The topological polar surface area (TPSA) is 62.3 Å². The zero-order valence-corrected chi connectivity index (χ0v) is 12.8. The van der Waals surface area contributed by atoms with Crippen molar-refractivity contribution in [3.63, 3.8) is 0 Å². The molecule has 0 fully saturated rings. The molecule has 0 unspecified atom stereocenters. The third kappa shape index (κ3) is 3.47. The molecule has 0 radical (unpaired) electrons. The third-order valence-electron chi connectivity index (χ3n) is 3.27. The van der Waals surface area contributed by atoms with Gasteiger partial charge in [0, 0.05) is 30.2 Å². The smallest absolute Gasteiger partial charge is 0.124 e. The van der Waals surface area contributed by atoms with Gasteiger partial charge in [0.15, 0.2) is 0 Å². The molecule has 2 rings (SSSR count). The van der Waals surface area contributed by atoms with Gasteiger partial charge in [-0.05, 0) is 23.8 Å². The van der Waals surface area contributed by atoms with Gasteiger partial charge in [-0.15, -0.1) is 0 Å². The first-order valence-electron chi connectivity index (χ1n) is 6.50. The lowest BCUT2D eigenvalue weighted by Crippen LogP contribution is -2.22. The number of rotatable bonds is 5. The molecular weight excluding hydrogens is 286 g/mol. The molecular formula is C16H18ClN3O. The van der Waals surface area contributed by atoms with Gasteiger partial charge in [0.25, 0.3) is 0 Å². The van der Waals surface area contributed by atoms with Crippen LogP contribution in [-0.2, 0) is 6.54 Å². The van der Waals surface area contributed by atoms with Crippen LogP contribution in [0.25, 0.3) is 0 Å². The number of halogens is 1. The van der Waals surface area contributed by atoms with Crippen molar-refractivity contribution in [2.75, 3.05) is 19.1 Å². The first-order chi connectivity index (χ1) is 10.0. The number of hydrogen-bond acceptors (Lipinski definition) is 3. The number of amidine groups is 1. The number of nitrogen functional groups attached to an aromatic ring is 1. The minimum absolute atomic E-state index is 0.0265. The third-order valence-corrected chi connectivity index (χ3v) is 3.64. The van der Waals surface area contributed by atoms with Crippen molar-refractivity contribution >= 4 is 23.1 Å². The number of benzene rings is 2. The van der Waals surface area contributed by atoms with Crippen LogP contribution < -0.4 is 15.4 Å². The Morgan fingerprint density at radius 1 is 1.29 bits per heavy atom. The predicted molar refractivity (Wildman–Crippen MR) is 87.6 cm³/mol. The summed E-state index contributed by atoms with van der Waals surface area (Å²) in [6, 6.07) is 13.1. The lowest BCUT2D eigenvalue weighted by Gasteiger charge is -2.23. The van der Waals surface area contributed by atoms with E-state index in [1.54, 1.807) is 19.2 Å². The summed E-state index contributed by atoms with van der Waals surface area (Å²) in [5.41, 5.74) is 8.18. The number of nitrogens with two attached hydrogens (primary N) is 1. The summed E-state index contributed by atoms with van der Waals surface area (Å²) in [7, 11) is 3.55. The average molecular weight is 304 g/mol. The minimum atomic E-state index is 0.0265. The number of anilines is 1. The predicted octanol–water partition coefficient (Wildman–Crippen LogP) is 3.27. The first-order valence-corrected chi connectivity index (χ1v) is 6.87. The zero-order chi connectivity index (χ0) is 15.4. The maximum Gasteiger partial charge on any atom is 0.124 e. The highest BCUT2D eigenvalue weighted by Gasteiger charge is 2.12. The highest BCUT2D eigenvalue weighted by atomic mass is 35.5. The molecule has 110 valence electrons. The van der Waals surface area contributed by atoms with E-state index in [9.17, 15) is 0 Å². The van der Waals surface area contributed by atoms with E-state index in [4.69, 9.17) is 27.5 Å². The maximum absolute atomic E-state index is 7.70. The lowest BCUT2D eigenvalue weighted by molar-refractivity contribution is 0.415. The van der Waals surface area contributed by atoms with Crippen molar-refractivity contribution in [3.05, 3.63) is 58.6 Å². The Balaban J connectivity index is 2.35. The quantitative estimate of drug-likeness (QED) is 0.658. The van der Waals surface area contributed by atoms with Crippen LogP contribution in [-0.4, -0.2) is 20.0 Å². The molecule has 0 spiro atoms. The molecule has 0 saturated heterocycles. The average Bonchev–Trinajstić information content (AvgIpc) is 2.48. The van der Waals surface area contributed by atoms with Crippen molar-refractivity contribution in [2.24, 2.45) is 5.73 Å². The van der Waals surface area contributed by atoms with E-state index < -0.39 is 0 Å². The van der Waals surface area contributed by atoms with E-state index >= 15 is 0 Å². The van der Waals surface area contributed by atoms with E-state index in [1.807, 2.05) is 42.3 Å². The fourth-order valence-corrected chi connectivity index (χ4v) is 2.34. The molecule has 5 heteroatoms. The highest BCUT2D eigenvalue weighted by Crippen LogP contribution is 2.27. The van der Waals surface area contributed by atoms with E-state index in [-0.39, 0.29) is 5.84 Å². The maximum atomic E-state index is 7.70. The Morgan fingerprint density at radius 2 is 2.00 bits per heavy atom. The lowest BCUT2D eigenvalue weighted by atomic mass is 10.1. The second kappa shape index (κ2) is 6.50. The Morgan fingerprint density at radius 3 is 2.62 bits per heavy atom. The second-order valence-corrected chi connectivity index (χ2v) is 5.15. The molecule has 0 aliphatic heterocycles. The molecule has 0 saturated carbocycles. The van der Waals surface area contributed by atoms with E-state index in [0.717, 1.165) is 22.0 Å². The van der Waals surface area contributed by atoms with Crippen LogP contribution in [0.2, 0.25) is 5.02 Å². The van der Waals surface area contributed by atoms with Crippen LogP contribution in [0.5, 0.6) is 5.75 Å². The van der Waals surface area contributed by atoms with Gasteiger partial charge in [-0.25, -0.2) is 0 Å². The number of nitrogens with zero attached hydrogens (tertiary/aromatic N) is 1. The van der Waals surface area contributed by atoms with Gasteiger partial charge in [-0.2, -0.15) is 0 Å². The van der Waals surface area contributed by atoms with E-state index in [2.05, 4.69) is 0 Å². The molecule has 3 N–H and O–H groups in total. The van der Waals surface area contributed by atoms with Crippen LogP contribution in [0.15, 0.2) is 42.5 Å². The van der Waals surface area contributed by atoms with Crippen molar-refractivity contribution in [3.8, 4) is 5.75 Å². The van der Waals surface area contributed by atoms with Crippen LogP contribution >= 0.6 is 11.6 Å². The van der Waals surface area contributed by atoms with E-state index in [0.29, 0.717) is 12.1 Å². The van der Waals surface area contributed by atoms with Crippen molar-refractivity contribution in [1.29, 1.82) is 5.41 Å². The van der Waals surface area contributed by atoms with Gasteiger partial charge >= 0.3 is 0 Å². The largest absolute Gasteiger partial charge is 0.497 e. The van der Waals surface area contributed by atoms with Crippen LogP contribution in [0.3, 0.4) is 0 Å². The van der Waals surface area contributed by atoms with Crippen LogP contribution in [0, 0.1) is 5.41 Å². The molecule has 0 atom stereocenters. The van der Waals surface area contributed by atoms with E-state index in [1.165, 1.54) is 0 Å². The Hall–Kier alpha value is -2.20. The highest BCUT2D eigenvalue weighted by molar-refractivity contribution is 6.31. The summed E-state index contributed by atoms with van der Waals surface area (Å²) in [6.07, 6.45) is 0. The molecule has 0 aliphatic carbocycles. The molecule has 0 bridgehead atoms. The van der Waals surface area contributed by atoms with Gasteiger partial charge in [0.05, 0.1) is 12.8 Å². The molecule has 0 aromatic heterocycles. The summed E-state index contributed by atoms with van der Waals surface area (Å²) in [4.78, 5) is 2.00. The molecule has 0 heterocycles. The number of nitrogens with one attached hydrogen (secondary N) is 1. The fourth-order valence-electron chi connectivity index (χ4n) is 2.15. The zero-order valence-electron chi connectivity index (χ0n) is 12.1. The molecule has 4 nitrogen and oxygen atoms in total. The van der Waals surface area contributed by atoms with Gasteiger partial charge in [0.2, 0.25) is 0 Å². The Bertz CT molecular complexity index is 658. The van der Waals surface area contributed by atoms with Gasteiger partial charge in [-0.3, -0.25) is 5.41 Å². The normalized spacial score (nSPS) is 10.2. The monoisotopic (exact) mass is 303 g/mol. The summed E-state index contributed by atoms with van der Waals surface area (Å²) in [5.74, 6) is 0.750. The Kier molecular flexibility index (Phi) is 4.70. The Labute approximate surface area is 129 Å². The van der Waals surface area contributed by atoms with Gasteiger partial charge in [-0.1, -0.05) is 29.8 Å². The number of methoxy groups -OCH3 is 1. The second-order valence-electron chi connectivity index (χ2n) is 4.74. The van der Waals surface area contributed by atoms with Gasteiger partial charge in [0.1, 0.15) is 11.6 Å². The van der Waals surface area contributed by atoms with Crippen LogP contribution in [0.4, 0.5) is 5.69 Å². The summed E-state index contributed by atoms with van der Waals surface area (Å²) >= 11 is 6.20. The van der Waals surface area contributed by atoms with Crippen molar-refractivity contribution < 1.29 is 4.74 Å². The summed E-state index contributed by atoms with van der Waals surface area (Å²) in [6.45, 7) is 0.618. The van der Waals surface area contributed by atoms with Gasteiger partial charge < -0.3 is 15.4 Å². The number of ether oxygens (including phenoxy) is 1. The molecule has 0 amide bonds. The molecule has 2 aromatic rings. The molecule has 2 aromatic carbocycles.